The normalized spacial score (nSPS) is 16.7. The molecule has 0 bridgehead atoms. The molecule has 0 saturated heterocycles. The van der Waals surface area contributed by atoms with Crippen molar-refractivity contribution in [3.8, 4) is 27.9 Å². The van der Waals surface area contributed by atoms with Crippen LogP contribution in [0.3, 0.4) is 0 Å². The number of anilines is 2. The summed E-state index contributed by atoms with van der Waals surface area (Å²) in [4.78, 5) is 0. The predicted molar refractivity (Wildman–Crippen MR) is 265 cm³/mol. The van der Waals surface area contributed by atoms with Gasteiger partial charge in [-0.05, 0) is 134 Å². The number of hydrogen-bond donors (Lipinski definition) is 1. The molecule has 3 aliphatic rings. The average molecular weight is 808 g/mol. The fourth-order valence-corrected chi connectivity index (χ4v) is 12.5. The Kier molecular flexibility index (Phi) is 7.50. The molecule has 0 unspecified atom stereocenters. The van der Waals surface area contributed by atoms with E-state index in [1.807, 2.05) is 11.3 Å². The van der Waals surface area contributed by atoms with Crippen LogP contribution in [0.4, 0.5) is 11.4 Å². The monoisotopic (exact) mass is 807 g/mol. The first kappa shape index (κ1) is 37.2. The van der Waals surface area contributed by atoms with Crippen LogP contribution in [-0.4, -0.2) is 11.8 Å². The third-order valence-electron chi connectivity index (χ3n) is 15.0. The van der Waals surface area contributed by atoms with Gasteiger partial charge in [-0.25, -0.2) is 0 Å². The molecule has 7 aromatic carbocycles. The number of nitrogens with one attached hydrogen (secondary N) is 1. The summed E-state index contributed by atoms with van der Waals surface area (Å²) < 4.78 is 5.30. The third kappa shape index (κ3) is 5.27. The van der Waals surface area contributed by atoms with E-state index >= 15 is 0 Å². The van der Waals surface area contributed by atoms with Crippen LogP contribution in [0.1, 0.15) is 103 Å². The fourth-order valence-electron chi connectivity index (χ4n) is 11.3. The smallest absolute Gasteiger partial charge is 0.197 e. The second kappa shape index (κ2) is 12.3. The van der Waals surface area contributed by atoms with Crippen molar-refractivity contribution in [2.75, 3.05) is 5.32 Å². The molecule has 3 heterocycles. The zero-order valence-corrected chi connectivity index (χ0v) is 37.7. The van der Waals surface area contributed by atoms with Crippen LogP contribution in [-0.2, 0) is 21.7 Å². The Morgan fingerprint density at radius 1 is 0.574 bits per heavy atom. The van der Waals surface area contributed by atoms with Crippen LogP contribution in [0, 0.1) is 0 Å². The Labute approximate surface area is 364 Å². The summed E-state index contributed by atoms with van der Waals surface area (Å²) in [5, 5.41) is 9.31. The summed E-state index contributed by atoms with van der Waals surface area (Å²) in [5.74, 6) is 0. The second-order valence-corrected chi connectivity index (χ2v) is 22.2. The minimum Gasteiger partial charge on any atom is -0.355 e. The summed E-state index contributed by atoms with van der Waals surface area (Å²) in [6.07, 6.45) is 2.34. The largest absolute Gasteiger partial charge is 0.355 e. The maximum atomic E-state index is 4.01. The van der Waals surface area contributed by atoms with Crippen LogP contribution in [0.15, 0.2) is 121 Å². The van der Waals surface area contributed by atoms with Crippen LogP contribution >= 0.6 is 11.3 Å². The third-order valence-corrected chi connectivity index (χ3v) is 16.2. The molecule has 12 rings (SSSR count). The molecular weight excluding hydrogens is 756 g/mol. The minimum atomic E-state index is -0.0847. The summed E-state index contributed by atoms with van der Waals surface area (Å²) in [6.45, 7) is 21.4. The van der Waals surface area contributed by atoms with E-state index in [0.717, 1.165) is 5.69 Å². The number of fused-ring (bicyclic) bond motifs is 12. The molecule has 0 saturated carbocycles. The molecule has 1 N–H and O–H groups in total. The minimum absolute atomic E-state index is 0.0650. The Morgan fingerprint density at radius 2 is 1.30 bits per heavy atom. The van der Waals surface area contributed by atoms with Crippen molar-refractivity contribution >= 4 is 82.9 Å². The maximum absolute atomic E-state index is 4.01. The van der Waals surface area contributed by atoms with Gasteiger partial charge in [0.2, 0.25) is 0 Å². The van der Waals surface area contributed by atoms with Crippen molar-refractivity contribution in [3.63, 3.8) is 0 Å². The maximum Gasteiger partial charge on any atom is 0.197 e. The van der Waals surface area contributed by atoms with E-state index in [2.05, 4.69) is 201 Å². The molecule has 4 heteroatoms. The van der Waals surface area contributed by atoms with E-state index < -0.39 is 0 Å². The van der Waals surface area contributed by atoms with E-state index in [9.17, 15) is 0 Å². The first-order chi connectivity index (χ1) is 29.1. The molecule has 0 fully saturated rings. The van der Waals surface area contributed by atoms with Crippen LogP contribution < -0.4 is 16.2 Å². The Bertz CT molecular complexity index is 3360. The van der Waals surface area contributed by atoms with E-state index in [-0.39, 0.29) is 21.7 Å². The van der Waals surface area contributed by atoms with Crippen molar-refractivity contribution in [1.29, 1.82) is 0 Å². The lowest BCUT2D eigenvalue weighted by Gasteiger charge is -2.42. The zero-order valence-electron chi connectivity index (χ0n) is 36.9. The van der Waals surface area contributed by atoms with Crippen molar-refractivity contribution in [2.24, 2.45) is 0 Å². The van der Waals surface area contributed by atoms with Gasteiger partial charge in [0, 0.05) is 64.5 Å². The summed E-state index contributed by atoms with van der Waals surface area (Å²) in [5.41, 5.74) is 21.2. The molecule has 61 heavy (non-hydrogen) atoms. The number of hydrogen-bond acceptors (Lipinski definition) is 2. The highest BCUT2D eigenvalue weighted by atomic mass is 32.1. The fraction of sp³-hybridized carbons (Fsp3) is 0.263. The van der Waals surface area contributed by atoms with Gasteiger partial charge in [-0.3, -0.25) is 0 Å². The summed E-state index contributed by atoms with van der Waals surface area (Å²) >= 11 is 1.90. The standard InChI is InChI=1S/C57H52BN2S/c1-54(2,3)32-18-20-33(21-19-32)59-47-30-45-44(55(4,5)24-25-56(45,6)7)26-39(47)36-22-23-37-40-27-43-38(34-14-10-12-16-42(34)57(43,8)9)28-48(40)60-49-29-41-35-15-11-13-17-50(35)61-51(41)31-46(49)58-52(36)53(37)60/h10-23,26-31,59H,24-25H2,1-9H3. The molecule has 9 aromatic rings. The highest BCUT2D eigenvalue weighted by molar-refractivity contribution is 7.26. The molecule has 2 nitrogen and oxygen atoms in total. The van der Waals surface area contributed by atoms with Crippen molar-refractivity contribution < 1.29 is 0 Å². The van der Waals surface area contributed by atoms with Crippen LogP contribution in [0.25, 0.3) is 69.9 Å². The quantitative estimate of drug-likeness (QED) is 0.176. The predicted octanol–water partition coefficient (Wildman–Crippen LogP) is 14.5. The summed E-state index contributed by atoms with van der Waals surface area (Å²) in [7, 11) is 2.51. The number of thiophene rings is 1. The lowest BCUT2D eigenvalue weighted by atomic mass is 9.58. The first-order valence-electron chi connectivity index (χ1n) is 22.2. The van der Waals surface area contributed by atoms with Gasteiger partial charge in [-0.2, -0.15) is 0 Å². The average Bonchev–Trinajstić information content (AvgIpc) is 3.84. The number of benzene rings is 7. The molecule has 1 aliphatic heterocycles. The van der Waals surface area contributed by atoms with E-state index in [1.54, 1.807) is 0 Å². The number of aromatic nitrogens is 1. The van der Waals surface area contributed by atoms with Gasteiger partial charge >= 0.3 is 0 Å². The summed E-state index contributed by atoms with van der Waals surface area (Å²) in [6, 6.07) is 47.0. The lowest BCUT2D eigenvalue weighted by molar-refractivity contribution is 0.332. The van der Waals surface area contributed by atoms with Gasteiger partial charge in [0.25, 0.3) is 0 Å². The topological polar surface area (TPSA) is 17.0 Å². The number of rotatable bonds is 3. The van der Waals surface area contributed by atoms with Crippen molar-refractivity contribution in [1.82, 2.24) is 4.57 Å². The van der Waals surface area contributed by atoms with Crippen LogP contribution in [0.2, 0.25) is 0 Å². The SMILES string of the molecule is CC(C)(C)c1ccc(Nc2cc3c(cc2-c2ccc4c5cc6c(cc5n5c4c2[B]c2cc4sc7ccccc7c4cc2-5)-c2ccccc2C6(C)C)C(C)(C)CCC3(C)C)cc1. The highest BCUT2D eigenvalue weighted by Gasteiger charge is 2.40. The zero-order chi connectivity index (χ0) is 42.0. The Hall–Kier alpha value is -5.58. The Morgan fingerprint density at radius 3 is 2.07 bits per heavy atom. The van der Waals surface area contributed by atoms with Crippen molar-refractivity contribution in [2.45, 2.75) is 96.8 Å². The molecule has 2 aliphatic carbocycles. The molecular formula is C57H52BN2S. The molecule has 0 atom stereocenters. The van der Waals surface area contributed by atoms with Gasteiger partial charge in [-0.15, -0.1) is 11.3 Å². The van der Waals surface area contributed by atoms with Gasteiger partial charge < -0.3 is 9.88 Å². The lowest BCUT2D eigenvalue weighted by Crippen LogP contribution is -2.37. The molecule has 299 valence electrons. The molecule has 0 amide bonds. The Balaban J connectivity index is 1.16. The van der Waals surface area contributed by atoms with Gasteiger partial charge in [0.05, 0.1) is 5.52 Å². The molecule has 2 aromatic heterocycles. The second-order valence-electron chi connectivity index (χ2n) is 21.2. The van der Waals surface area contributed by atoms with Gasteiger partial charge in [-0.1, -0.05) is 135 Å². The van der Waals surface area contributed by atoms with Gasteiger partial charge in [0.15, 0.2) is 7.28 Å². The van der Waals surface area contributed by atoms with E-state index in [0.29, 0.717) is 0 Å². The number of nitrogens with zero attached hydrogens (tertiary/aromatic N) is 1. The van der Waals surface area contributed by atoms with Crippen molar-refractivity contribution in [3.05, 3.63) is 149 Å². The molecule has 0 spiro atoms. The first-order valence-corrected chi connectivity index (χ1v) is 23.0. The van der Waals surface area contributed by atoms with Gasteiger partial charge in [0.1, 0.15) is 0 Å². The highest BCUT2D eigenvalue weighted by Crippen LogP contribution is 2.53. The van der Waals surface area contributed by atoms with Crippen LogP contribution in [0.5, 0.6) is 0 Å². The molecule has 1 radical (unpaired) electrons. The van der Waals surface area contributed by atoms with E-state index in [4.69, 9.17) is 0 Å². The van der Waals surface area contributed by atoms with E-state index in [1.165, 1.54) is 127 Å².